The molecule has 5 aliphatic carbocycles. The molecule has 0 spiro atoms. The molecule has 282 valence electrons. The second-order valence-electron chi connectivity index (χ2n) is 19.1. The molecule has 1 aromatic carbocycles. The normalized spacial score (nSPS) is 38.2. The van der Waals surface area contributed by atoms with Crippen molar-refractivity contribution in [1.82, 2.24) is 10.2 Å². The van der Waals surface area contributed by atoms with E-state index < -0.39 is 11.9 Å². The van der Waals surface area contributed by atoms with Crippen LogP contribution in [0, 0.1) is 62.6 Å². The number of fused-ring (bicyclic) bond motifs is 7. The standard InChI is InChI=1S/C44H66N2O5/c1-9-46(26-19-36(47)48)27-25-45-39(51)44-22-16-31(28(2)3)37(44)33-14-15-35-41(6)20-17-32(29-10-12-30(13-11-29)38(49)50)40(4,5)34(41)18-21-43(35,8)42(33,7)23-24-44/h10-13,17,28,31,33-35,37H,9,14-16,18-27H2,1-8H3,(H,45,51)(H,47,48)(H,49,50)/t31-,33+,34-,35+,37+,41-,42+,43+,44-/m0/s1. The van der Waals surface area contributed by atoms with Gasteiger partial charge >= 0.3 is 11.9 Å². The number of hydrogen-bond donors (Lipinski definition) is 3. The number of aliphatic carboxylic acids is 1. The Bertz CT molecular complexity index is 1530. The van der Waals surface area contributed by atoms with Gasteiger partial charge in [-0.2, -0.15) is 0 Å². The molecule has 0 saturated heterocycles. The summed E-state index contributed by atoms with van der Waals surface area (Å²) in [6, 6.07) is 7.52. The molecule has 0 radical (unpaired) electrons. The number of aromatic carboxylic acids is 1. The Morgan fingerprint density at radius 2 is 1.57 bits per heavy atom. The van der Waals surface area contributed by atoms with E-state index >= 15 is 0 Å². The number of carboxylic acid groups (broad SMARTS) is 2. The van der Waals surface area contributed by atoms with E-state index in [4.69, 9.17) is 0 Å². The Hall–Kier alpha value is -2.67. The summed E-state index contributed by atoms with van der Waals surface area (Å²) in [6.07, 6.45) is 12.8. The lowest BCUT2D eigenvalue weighted by molar-refractivity contribution is -0.227. The van der Waals surface area contributed by atoms with E-state index in [9.17, 15) is 24.6 Å². The summed E-state index contributed by atoms with van der Waals surface area (Å²) in [5.74, 6) is 1.80. The third-order valence-electron chi connectivity index (χ3n) is 16.6. The molecule has 5 aliphatic rings. The van der Waals surface area contributed by atoms with Gasteiger partial charge < -0.3 is 20.4 Å². The van der Waals surface area contributed by atoms with E-state index in [0.717, 1.165) is 44.2 Å². The number of carbonyl (C=O) groups is 3. The van der Waals surface area contributed by atoms with Crippen molar-refractivity contribution in [2.75, 3.05) is 26.2 Å². The summed E-state index contributed by atoms with van der Waals surface area (Å²) in [6.45, 7) is 22.2. The smallest absolute Gasteiger partial charge is 0.335 e. The molecule has 7 nitrogen and oxygen atoms in total. The summed E-state index contributed by atoms with van der Waals surface area (Å²) in [5, 5.41) is 22.1. The summed E-state index contributed by atoms with van der Waals surface area (Å²) >= 11 is 0. The predicted octanol–water partition coefficient (Wildman–Crippen LogP) is 9.03. The van der Waals surface area contributed by atoms with E-state index in [-0.39, 0.29) is 39.4 Å². The zero-order chi connectivity index (χ0) is 37.1. The van der Waals surface area contributed by atoms with Crippen LogP contribution in [0.4, 0.5) is 0 Å². The number of rotatable bonds is 11. The zero-order valence-electron chi connectivity index (χ0n) is 32.8. The van der Waals surface area contributed by atoms with Gasteiger partial charge in [0.15, 0.2) is 0 Å². The van der Waals surface area contributed by atoms with Crippen molar-refractivity contribution in [3.63, 3.8) is 0 Å². The minimum Gasteiger partial charge on any atom is -0.481 e. The fourth-order valence-electron chi connectivity index (χ4n) is 13.9. The number of nitrogens with one attached hydrogen (secondary N) is 1. The SMILES string of the molecule is CCN(CCNC(=O)[C@]12CC[C@@H](C(C)C)[C@@H]1[C@H]1CC[C@@H]3[C@@]4(C)CC=C(c5ccc(C(=O)O)cc5)C(C)(C)[C@@H]4CC[C@@]3(C)[C@]1(C)CC2)CCC(=O)O. The molecule has 1 amide bonds. The summed E-state index contributed by atoms with van der Waals surface area (Å²) in [5.41, 5.74) is 3.09. The lowest BCUT2D eigenvalue weighted by Crippen LogP contribution is -2.66. The van der Waals surface area contributed by atoms with Crippen LogP contribution in [-0.4, -0.2) is 59.1 Å². The monoisotopic (exact) mass is 702 g/mol. The molecule has 9 atom stereocenters. The molecule has 0 unspecified atom stereocenters. The van der Waals surface area contributed by atoms with Crippen molar-refractivity contribution in [3.05, 3.63) is 41.5 Å². The van der Waals surface area contributed by atoms with Crippen molar-refractivity contribution in [2.24, 2.45) is 62.6 Å². The summed E-state index contributed by atoms with van der Waals surface area (Å²) < 4.78 is 0. The largest absolute Gasteiger partial charge is 0.481 e. The fourth-order valence-corrected chi connectivity index (χ4v) is 13.9. The van der Waals surface area contributed by atoms with Gasteiger partial charge in [-0.05, 0) is 145 Å². The quantitative estimate of drug-likeness (QED) is 0.213. The number of likely N-dealkylation sites (N-methyl/N-ethyl adjacent to an activating group) is 1. The lowest BCUT2D eigenvalue weighted by atomic mass is 9.32. The molecule has 51 heavy (non-hydrogen) atoms. The third kappa shape index (κ3) is 6.00. The van der Waals surface area contributed by atoms with Crippen molar-refractivity contribution in [2.45, 2.75) is 120 Å². The molecule has 0 heterocycles. The van der Waals surface area contributed by atoms with Gasteiger partial charge in [-0.15, -0.1) is 0 Å². The Kier molecular flexibility index (Phi) is 10.2. The Morgan fingerprint density at radius 1 is 0.863 bits per heavy atom. The second-order valence-corrected chi connectivity index (χ2v) is 19.1. The molecule has 7 heteroatoms. The first-order valence-corrected chi connectivity index (χ1v) is 20.2. The van der Waals surface area contributed by atoms with Crippen LogP contribution in [0.15, 0.2) is 30.3 Å². The summed E-state index contributed by atoms with van der Waals surface area (Å²) in [7, 11) is 0. The van der Waals surface area contributed by atoms with Crippen LogP contribution in [0.3, 0.4) is 0 Å². The number of carbonyl (C=O) groups excluding carboxylic acids is 1. The maximum atomic E-state index is 14.5. The third-order valence-corrected chi connectivity index (χ3v) is 16.6. The van der Waals surface area contributed by atoms with Crippen LogP contribution in [0.5, 0.6) is 0 Å². The van der Waals surface area contributed by atoms with Gasteiger partial charge in [-0.1, -0.05) is 73.6 Å². The highest BCUT2D eigenvalue weighted by Crippen LogP contribution is 2.77. The van der Waals surface area contributed by atoms with Crippen LogP contribution >= 0.6 is 0 Å². The van der Waals surface area contributed by atoms with Crippen LogP contribution in [0.1, 0.15) is 136 Å². The van der Waals surface area contributed by atoms with Gasteiger partial charge in [-0.3, -0.25) is 9.59 Å². The Labute approximate surface area is 307 Å². The maximum Gasteiger partial charge on any atom is 0.335 e. The fraction of sp³-hybridized carbons (Fsp3) is 0.750. The predicted molar refractivity (Wildman–Crippen MR) is 203 cm³/mol. The van der Waals surface area contributed by atoms with Crippen LogP contribution < -0.4 is 5.32 Å². The van der Waals surface area contributed by atoms with E-state index in [0.29, 0.717) is 60.7 Å². The minimum atomic E-state index is -0.882. The molecule has 0 aromatic heterocycles. The van der Waals surface area contributed by atoms with Gasteiger partial charge in [0.05, 0.1) is 17.4 Å². The van der Waals surface area contributed by atoms with Gasteiger partial charge in [-0.25, -0.2) is 4.79 Å². The number of hydrogen-bond acceptors (Lipinski definition) is 4. The Morgan fingerprint density at radius 3 is 2.20 bits per heavy atom. The first-order valence-electron chi connectivity index (χ1n) is 20.2. The number of nitrogens with zero attached hydrogens (tertiary/aromatic N) is 1. The molecule has 0 bridgehead atoms. The van der Waals surface area contributed by atoms with E-state index in [2.05, 4.69) is 71.7 Å². The average Bonchev–Trinajstić information content (AvgIpc) is 3.48. The van der Waals surface area contributed by atoms with Crippen LogP contribution in [0.25, 0.3) is 5.57 Å². The highest BCUT2D eigenvalue weighted by atomic mass is 16.4. The minimum absolute atomic E-state index is 0.0220. The molecule has 6 rings (SSSR count). The topological polar surface area (TPSA) is 107 Å². The summed E-state index contributed by atoms with van der Waals surface area (Å²) in [4.78, 5) is 39.4. The highest BCUT2D eigenvalue weighted by molar-refractivity contribution is 5.88. The van der Waals surface area contributed by atoms with Gasteiger partial charge in [0.2, 0.25) is 5.91 Å². The molecule has 4 saturated carbocycles. The van der Waals surface area contributed by atoms with Crippen LogP contribution in [-0.2, 0) is 9.59 Å². The molecular formula is C44H66N2O5. The Balaban J connectivity index is 1.26. The number of allylic oxidation sites excluding steroid dienone is 2. The second kappa shape index (κ2) is 13.6. The van der Waals surface area contributed by atoms with Crippen molar-refractivity contribution < 1.29 is 24.6 Å². The van der Waals surface area contributed by atoms with Crippen molar-refractivity contribution >= 4 is 23.4 Å². The highest BCUT2D eigenvalue weighted by Gasteiger charge is 2.71. The lowest BCUT2D eigenvalue weighted by Gasteiger charge is -2.72. The molecule has 1 aromatic rings. The van der Waals surface area contributed by atoms with Crippen molar-refractivity contribution in [3.8, 4) is 0 Å². The molecule has 4 fully saturated rings. The maximum absolute atomic E-state index is 14.5. The van der Waals surface area contributed by atoms with E-state index in [1.54, 1.807) is 12.1 Å². The number of carboxylic acids is 2. The number of benzene rings is 1. The van der Waals surface area contributed by atoms with Crippen LogP contribution in [0.2, 0.25) is 0 Å². The average molecular weight is 703 g/mol. The zero-order valence-corrected chi connectivity index (χ0v) is 32.8. The van der Waals surface area contributed by atoms with Gasteiger partial charge in [0.1, 0.15) is 0 Å². The number of amides is 1. The van der Waals surface area contributed by atoms with Gasteiger partial charge in [0, 0.05) is 19.6 Å². The van der Waals surface area contributed by atoms with Gasteiger partial charge in [0.25, 0.3) is 0 Å². The molecular weight excluding hydrogens is 636 g/mol. The van der Waals surface area contributed by atoms with E-state index in [1.807, 2.05) is 12.1 Å². The first kappa shape index (κ1) is 38.1. The van der Waals surface area contributed by atoms with E-state index in [1.165, 1.54) is 31.3 Å². The first-order chi connectivity index (χ1) is 24.0. The van der Waals surface area contributed by atoms with Crippen molar-refractivity contribution in [1.29, 1.82) is 0 Å². The molecule has 3 N–H and O–H groups in total. The molecule has 0 aliphatic heterocycles.